The first-order valence-corrected chi connectivity index (χ1v) is 12.2. The van der Waals surface area contributed by atoms with E-state index in [2.05, 4.69) is 45.7 Å². The molecule has 1 aromatic heterocycles. The third-order valence-electron chi connectivity index (χ3n) is 5.75. The van der Waals surface area contributed by atoms with Crippen LogP contribution in [-0.2, 0) is 9.16 Å². The van der Waals surface area contributed by atoms with Crippen LogP contribution in [0.4, 0.5) is 5.82 Å². The van der Waals surface area contributed by atoms with Crippen LogP contribution in [0.3, 0.4) is 0 Å². The van der Waals surface area contributed by atoms with E-state index in [4.69, 9.17) is 14.9 Å². The third-order valence-corrected chi connectivity index (χ3v) is 11.6. The molecule has 1 aliphatic heterocycles. The molecule has 1 aromatic rings. The first kappa shape index (κ1) is 22.6. The first-order valence-electron chi connectivity index (χ1n) is 9.90. The molecular weight excluding hydrogens is 376 g/mol. The molecule has 8 nitrogen and oxygen atoms in total. The molecule has 0 radical (unpaired) electrons. The fourth-order valence-electron chi connectivity index (χ4n) is 4.25. The van der Waals surface area contributed by atoms with Crippen molar-refractivity contribution in [3.05, 3.63) is 22.7 Å². The Morgan fingerprint density at radius 1 is 1.43 bits per heavy atom. The number of aliphatic hydroxyl groups is 1. The van der Waals surface area contributed by atoms with Gasteiger partial charge in [0.25, 0.3) is 0 Å². The Morgan fingerprint density at radius 3 is 2.54 bits per heavy atom. The zero-order valence-electron chi connectivity index (χ0n) is 17.3. The molecule has 0 amide bonds. The summed E-state index contributed by atoms with van der Waals surface area (Å²) in [5.41, 5.74) is 5.66. The largest absolute Gasteiger partial charge is 0.409 e. The van der Waals surface area contributed by atoms with Crippen molar-refractivity contribution in [1.29, 1.82) is 5.26 Å². The number of anilines is 1. The molecule has 2 heterocycles. The summed E-state index contributed by atoms with van der Waals surface area (Å²) in [5, 5.41) is 19.8. The fraction of sp³-hybridized carbons (Fsp3) is 0.737. The molecule has 156 valence electrons. The first-order chi connectivity index (χ1) is 13.2. The minimum absolute atomic E-state index is 0.105. The molecule has 0 bridgehead atoms. The number of nitriles is 1. The Bertz CT molecular complexity index is 753. The SMILES string of the molecule is CCC[Si](O[C@H]1[C@H](C#N)[C@H](n2ccc(N)nc2=O)O[C@@H]1CO)(C(C)C)C(C)C. The van der Waals surface area contributed by atoms with E-state index in [0.29, 0.717) is 11.1 Å². The second kappa shape index (κ2) is 9.18. The number of rotatable bonds is 8. The lowest BCUT2D eigenvalue weighted by Crippen LogP contribution is -2.51. The van der Waals surface area contributed by atoms with E-state index in [1.54, 1.807) is 0 Å². The smallest absolute Gasteiger partial charge is 0.351 e. The predicted octanol–water partition coefficient (Wildman–Crippen LogP) is 2.42. The number of nitrogen functional groups attached to an aromatic ring is 1. The van der Waals surface area contributed by atoms with Gasteiger partial charge in [-0.3, -0.25) is 4.57 Å². The van der Waals surface area contributed by atoms with Crippen molar-refractivity contribution < 1.29 is 14.3 Å². The van der Waals surface area contributed by atoms with Gasteiger partial charge in [0.15, 0.2) is 14.5 Å². The Balaban J connectivity index is 2.44. The van der Waals surface area contributed by atoms with Crippen LogP contribution in [0.25, 0.3) is 0 Å². The molecular formula is C19H32N4O4Si. The Labute approximate surface area is 167 Å². The summed E-state index contributed by atoms with van der Waals surface area (Å²) in [6.07, 6.45) is 0.299. The van der Waals surface area contributed by atoms with Gasteiger partial charge in [0.2, 0.25) is 0 Å². The normalized spacial score (nSPS) is 25.4. The van der Waals surface area contributed by atoms with Gasteiger partial charge in [-0.25, -0.2) is 4.79 Å². The lowest BCUT2D eigenvalue weighted by molar-refractivity contribution is -0.0454. The van der Waals surface area contributed by atoms with Crippen LogP contribution in [-0.4, -0.2) is 41.8 Å². The van der Waals surface area contributed by atoms with Crippen molar-refractivity contribution in [2.24, 2.45) is 5.92 Å². The standard InChI is InChI=1S/C19H32N4O4Si/c1-6-9-28(12(2)3,13(4)5)27-17-14(10-20)18(26-15(17)11-24)23-8-7-16(21)22-19(23)25/h7-8,12-15,17-18,24H,6,9,11H2,1-5H3,(H2,21,22,25)/t14-,15+,17-,18+/m0/s1. The van der Waals surface area contributed by atoms with Crippen LogP contribution in [0.15, 0.2) is 17.1 Å². The van der Waals surface area contributed by atoms with Crippen molar-refractivity contribution in [2.45, 2.75) is 76.6 Å². The molecule has 28 heavy (non-hydrogen) atoms. The molecule has 0 unspecified atom stereocenters. The van der Waals surface area contributed by atoms with Gasteiger partial charge in [-0.2, -0.15) is 10.2 Å². The second-order valence-corrected chi connectivity index (χ2v) is 13.0. The van der Waals surface area contributed by atoms with E-state index in [-0.39, 0.29) is 12.4 Å². The maximum Gasteiger partial charge on any atom is 0.351 e. The Hall–Kier alpha value is -1.73. The highest BCUT2D eigenvalue weighted by molar-refractivity contribution is 6.76. The summed E-state index contributed by atoms with van der Waals surface area (Å²) < 4.78 is 13.9. The van der Waals surface area contributed by atoms with Gasteiger partial charge < -0.3 is 20.0 Å². The number of hydrogen-bond donors (Lipinski definition) is 2. The molecule has 0 saturated carbocycles. The van der Waals surface area contributed by atoms with Crippen molar-refractivity contribution in [1.82, 2.24) is 9.55 Å². The highest BCUT2D eigenvalue weighted by Crippen LogP contribution is 2.44. The highest BCUT2D eigenvalue weighted by atomic mass is 28.4. The summed E-state index contributed by atoms with van der Waals surface area (Å²) in [7, 11) is -2.25. The average molecular weight is 409 g/mol. The summed E-state index contributed by atoms with van der Waals surface area (Å²) >= 11 is 0. The summed E-state index contributed by atoms with van der Waals surface area (Å²) in [6, 6.07) is 4.70. The molecule has 0 spiro atoms. The van der Waals surface area contributed by atoms with Crippen LogP contribution in [0, 0.1) is 17.2 Å². The molecule has 1 aliphatic rings. The van der Waals surface area contributed by atoms with Gasteiger partial charge in [0, 0.05) is 6.20 Å². The summed E-state index contributed by atoms with van der Waals surface area (Å²) in [4.78, 5) is 16.0. The lowest BCUT2D eigenvalue weighted by atomic mass is 10.0. The molecule has 3 N–H and O–H groups in total. The van der Waals surface area contributed by atoms with E-state index in [0.717, 1.165) is 12.5 Å². The average Bonchev–Trinajstić information content (AvgIpc) is 2.97. The third kappa shape index (κ3) is 4.15. The predicted molar refractivity (Wildman–Crippen MR) is 109 cm³/mol. The maximum absolute atomic E-state index is 12.3. The molecule has 1 saturated heterocycles. The minimum atomic E-state index is -2.25. The molecule has 4 atom stereocenters. The monoisotopic (exact) mass is 408 g/mol. The lowest BCUT2D eigenvalue weighted by Gasteiger charge is -2.42. The van der Waals surface area contributed by atoms with Crippen molar-refractivity contribution in [3.8, 4) is 6.07 Å². The Morgan fingerprint density at radius 2 is 2.07 bits per heavy atom. The zero-order chi connectivity index (χ0) is 21.1. The van der Waals surface area contributed by atoms with Gasteiger partial charge >= 0.3 is 5.69 Å². The Kier molecular flexibility index (Phi) is 7.39. The van der Waals surface area contributed by atoms with Crippen molar-refractivity contribution >= 4 is 14.1 Å². The van der Waals surface area contributed by atoms with E-state index in [1.807, 2.05) is 0 Å². The quantitative estimate of drug-likeness (QED) is 0.633. The van der Waals surface area contributed by atoms with Gasteiger partial charge in [-0.1, -0.05) is 41.0 Å². The fourth-order valence-corrected chi connectivity index (χ4v) is 8.98. The number of aliphatic hydroxyl groups excluding tert-OH is 1. The second-order valence-electron chi connectivity index (χ2n) is 8.04. The van der Waals surface area contributed by atoms with E-state index in [9.17, 15) is 15.2 Å². The number of nitrogens with two attached hydrogens (primary N) is 1. The number of aromatic nitrogens is 2. The highest BCUT2D eigenvalue weighted by Gasteiger charge is 2.52. The minimum Gasteiger partial charge on any atom is -0.409 e. The number of nitrogens with zero attached hydrogens (tertiary/aromatic N) is 3. The van der Waals surface area contributed by atoms with Gasteiger partial charge in [0.1, 0.15) is 17.8 Å². The molecule has 2 rings (SSSR count). The zero-order valence-corrected chi connectivity index (χ0v) is 18.3. The summed E-state index contributed by atoms with van der Waals surface area (Å²) in [5.74, 6) is -0.630. The van der Waals surface area contributed by atoms with Crippen LogP contribution >= 0.6 is 0 Å². The number of ether oxygens (including phenoxy) is 1. The van der Waals surface area contributed by atoms with Gasteiger partial charge in [-0.15, -0.1) is 0 Å². The van der Waals surface area contributed by atoms with Crippen LogP contribution in [0.5, 0.6) is 0 Å². The van der Waals surface area contributed by atoms with E-state index >= 15 is 0 Å². The summed E-state index contributed by atoms with van der Waals surface area (Å²) in [6.45, 7) is 10.5. The van der Waals surface area contributed by atoms with Crippen LogP contribution in [0.2, 0.25) is 17.1 Å². The van der Waals surface area contributed by atoms with Crippen LogP contribution in [0.1, 0.15) is 47.3 Å². The molecule has 0 aromatic carbocycles. The van der Waals surface area contributed by atoms with E-state index < -0.39 is 38.4 Å². The van der Waals surface area contributed by atoms with Crippen molar-refractivity contribution in [3.63, 3.8) is 0 Å². The maximum atomic E-state index is 12.3. The molecule has 1 fully saturated rings. The van der Waals surface area contributed by atoms with E-state index in [1.165, 1.54) is 16.8 Å². The topological polar surface area (TPSA) is 123 Å². The molecule has 0 aliphatic carbocycles. The molecule has 9 heteroatoms. The van der Waals surface area contributed by atoms with Gasteiger partial charge in [0.05, 0.1) is 18.8 Å². The van der Waals surface area contributed by atoms with Crippen molar-refractivity contribution in [2.75, 3.05) is 12.3 Å². The number of hydrogen-bond acceptors (Lipinski definition) is 7. The van der Waals surface area contributed by atoms with Crippen LogP contribution < -0.4 is 11.4 Å². The van der Waals surface area contributed by atoms with Gasteiger partial charge in [-0.05, 0) is 23.2 Å².